The Kier molecular flexibility index (Phi) is 3.01. The van der Waals surface area contributed by atoms with Crippen LogP contribution in [0.2, 0.25) is 0 Å². The number of carbonyl (C=O) groups is 1. The lowest BCUT2D eigenvalue weighted by molar-refractivity contribution is -0.117. The fraction of sp³-hybridized carbons (Fsp3) is 0.364. The van der Waals surface area contributed by atoms with Crippen LogP contribution in [0, 0.1) is 5.82 Å². The van der Waals surface area contributed by atoms with Crippen LogP contribution in [-0.4, -0.2) is 24.9 Å². The number of hydrogen-bond acceptors (Lipinski definition) is 2. The van der Waals surface area contributed by atoms with Crippen molar-refractivity contribution in [1.82, 2.24) is 0 Å². The molecule has 16 heavy (non-hydrogen) atoms. The largest absolute Gasteiger partial charge is 0.386 e. The molecule has 1 heterocycles. The van der Waals surface area contributed by atoms with E-state index in [-0.39, 0.29) is 17.1 Å². The van der Waals surface area contributed by atoms with Crippen LogP contribution < -0.4 is 10.2 Å². The van der Waals surface area contributed by atoms with E-state index in [0.29, 0.717) is 18.7 Å². The fourth-order valence-corrected chi connectivity index (χ4v) is 2.11. The van der Waals surface area contributed by atoms with Gasteiger partial charge in [0.2, 0.25) is 5.91 Å². The molecule has 1 aliphatic rings. The third-order valence-electron chi connectivity index (χ3n) is 2.60. The standard InChI is InChI=1S/C11H12ClFN2O/c1-14-9-3-2-8(13)5-10(9)15-6-7(12)4-11(15)16/h2-3,5,7,14H,4,6H2,1H3. The minimum atomic E-state index is -0.361. The molecule has 1 saturated heterocycles. The van der Waals surface area contributed by atoms with Crippen molar-refractivity contribution in [2.45, 2.75) is 11.8 Å². The molecule has 86 valence electrons. The molecule has 1 atom stereocenters. The van der Waals surface area contributed by atoms with Crippen molar-refractivity contribution in [2.75, 3.05) is 23.8 Å². The van der Waals surface area contributed by atoms with Crippen LogP contribution >= 0.6 is 11.6 Å². The molecule has 1 aromatic rings. The predicted octanol–water partition coefficient (Wildman–Crippen LogP) is 2.21. The molecule has 0 aromatic heterocycles. The van der Waals surface area contributed by atoms with E-state index in [9.17, 15) is 9.18 Å². The summed E-state index contributed by atoms with van der Waals surface area (Å²) < 4.78 is 13.2. The molecule has 1 unspecified atom stereocenters. The van der Waals surface area contributed by atoms with Crippen LogP contribution in [0.3, 0.4) is 0 Å². The maximum absolute atomic E-state index is 13.2. The molecule has 0 bridgehead atoms. The summed E-state index contributed by atoms with van der Waals surface area (Å²) in [4.78, 5) is 13.2. The first-order chi connectivity index (χ1) is 7.61. The van der Waals surface area contributed by atoms with Crippen molar-refractivity contribution in [3.8, 4) is 0 Å². The van der Waals surface area contributed by atoms with Crippen LogP contribution in [0.15, 0.2) is 18.2 Å². The molecule has 2 rings (SSSR count). The topological polar surface area (TPSA) is 32.3 Å². The molecule has 1 amide bonds. The van der Waals surface area contributed by atoms with E-state index in [1.54, 1.807) is 13.1 Å². The Hall–Kier alpha value is -1.29. The minimum absolute atomic E-state index is 0.0675. The van der Waals surface area contributed by atoms with Gasteiger partial charge >= 0.3 is 0 Å². The Balaban J connectivity index is 2.39. The summed E-state index contributed by atoms with van der Waals surface area (Å²) in [5.41, 5.74) is 1.27. The van der Waals surface area contributed by atoms with Gasteiger partial charge in [-0.15, -0.1) is 11.6 Å². The second-order valence-electron chi connectivity index (χ2n) is 3.72. The maximum Gasteiger partial charge on any atom is 0.228 e. The number of amides is 1. The SMILES string of the molecule is CNc1ccc(F)cc1N1CC(Cl)CC1=O. The van der Waals surface area contributed by atoms with Gasteiger partial charge in [-0.2, -0.15) is 0 Å². The van der Waals surface area contributed by atoms with Gasteiger partial charge in [-0.05, 0) is 18.2 Å². The fourth-order valence-electron chi connectivity index (χ4n) is 1.84. The average molecular weight is 243 g/mol. The molecule has 3 nitrogen and oxygen atoms in total. The summed E-state index contributed by atoms with van der Waals surface area (Å²) in [5, 5.41) is 2.74. The zero-order chi connectivity index (χ0) is 11.7. The number of nitrogens with one attached hydrogen (secondary N) is 1. The van der Waals surface area contributed by atoms with E-state index in [2.05, 4.69) is 5.32 Å². The van der Waals surface area contributed by atoms with E-state index in [4.69, 9.17) is 11.6 Å². The molecular formula is C11H12ClFN2O. The number of alkyl halides is 1. The van der Waals surface area contributed by atoms with Gasteiger partial charge in [0.25, 0.3) is 0 Å². The number of rotatable bonds is 2. The zero-order valence-corrected chi connectivity index (χ0v) is 9.59. The van der Waals surface area contributed by atoms with Gasteiger partial charge in [0.05, 0.1) is 16.8 Å². The molecule has 0 aliphatic carbocycles. The second-order valence-corrected chi connectivity index (χ2v) is 4.33. The van der Waals surface area contributed by atoms with Gasteiger partial charge in [0.15, 0.2) is 0 Å². The summed E-state index contributed by atoms with van der Waals surface area (Å²) in [6.45, 7) is 0.429. The maximum atomic E-state index is 13.2. The van der Waals surface area contributed by atoms with Gasteiger partial charge in [0.1, 0.15) is 5.82 Å². The second kappa shape index (κ2) is 4.29. The summed E-state index contributed by atoms with van der Waals surface area (Å²) in [5.74, 6) is -0.429. The van der Waals surface area contributed by atoms with E-state index in [1.165, 1.54) is 17.0 Å². The van der Waals surface area contributed by atoms with Gasteiger partial charge in [-0.25, -0.2) is 4.39 Å². The van der Waals surface area contributed by atoms with Crippen molar-refractivity contribution in [2.24, 2.45) is 0 Å². The highest BCUT2D eigenvalue weighted by Crippen LogP contribution is 2.31. The quantitative estimate of drug-likeness (QED) is 0.807. The normalized spacial score (nSPS) is 20.3. The van der Waals surface area contributed by atoms with Crippen molar-refractivity contribution in [3.63, 3.8) is 0 Å². The van der Waals surface area contributed by atoms with Crippen molar-refractivity contribution in [1.29, 1.82) is 0 Å². The van der Waals surface area contributed by atoms with Gasteiger partial charge in [-0.1, -0.05) is 0 Å². The lowest BCUT2D eigenvalue weighted by Crippen LogP contribution is -2.25. The number of benzene rings is 1. The first-order valence-electron chi connectivity index (χ1n) is 5.03. The van der Waals surface area contributed by atoms with Crippen LogP contribution in [0.4, 0.5) is 15.8 Å². The molecular weight excluding hydrogens is 231 g/mol. The van der Waals surface area contributed by atoms with Gasteiger partial charge in [-0.3, -0.25) is 4.79 Å². The Bertz CT molecular complexity index is 424. The zero-order valence-electron chi connectivity index (χ0n) is 8.84. The predicted molar refractivity (Wildman–Crippen MR) is 62.6 cm³/mol. The highest BCUT2D eigenvalue weighted by Gasteiger charge is 2.30. The van der Waals surface area contributed by atoms with E-state index in [1.807, 2.05) is 0 Å². The minimum Gasteiger partial charge on any atom is -0.386 e. The van der Waals surface area contributed by atoms with Gasteiger partial charge < -0.3 is 10.2 Å². The molecule has 0 radical (unpaired) electrons. The number of nitrogens with zero attached hydrogens (tertiary/aromatic N) is 1. The first-order valence-corrected chi connectivity index (χ1v) is 5.47. The average Bonchev–Trinajstić information content (AvgIpc) is 2.57. The van der Waals surface area contributed by atoms with Crippen LogP contribution in [0.1, 0.15) is 6.42 Å². The smallest absolute Gasteiger partial charge is 0.228 e. The third kappa shape index (κ3) is 1.97. The van der Waals surface area contributed by atoms with Gasteiger partial charge in [0, 0.05) is 20.0 Å². The summed E-state index contributed by atoms with van der Waals surface area (Å²) in [6, 6.07) is 4.31. The van der Waals surface area contributed by atoms with Crippen molar-refractivity contribution < 1.29 is 9.18 Å². The number of hydrogen-bond donors (Lipinski definition) is 1. The summed E-state index contributed by atoms with van der Waals surface area (Å²) >= 11 is 5.91. The Labute approximate surface area is 98.2 Å². The Morgan fingerprint density at radius 3 is 2.88 bits per heavy atom. The van der Waals surface area contributed by atoms with Crippen LogP contribution in [0.5, 0.6) is 0 Å². The number of anilines is 2. The number of halogens is 2. The molecule has 1 aromatic carbocycles. The summed E-state index contributed by atoms with van der Waals surface area (Å²) in [7, 11) is 1.73. The molecule has 1 aliphatic heterocycles. The Morgan fingerprint density at radius 2 is 2.31 bits per heavy atom. The summed E-state index contributed by atoms with van der Waals surface area (Å²) in [6.07, 6.45) is 0.307. The molecule has 1 fully saturated rings. The van der Waals surface area contributed by atoms with E-state index >= 15 is 0 Å². The van der Waals surface area contributed by atoms with E-state index < -0.39 is 0 Å². The van der Waals surface area contributed by atoms with Crippen LogP contribution in [0.25, 0.3) is 0 Å². The van der Waals surface area contributed by atoms with Crippen LogP contribution in [-0.2, 0) is 4.79 Å². The first kappa shape index (κ1) is 11.2. The molecule has 1 N–H and O–H groups in total. The lowest BCUT2D eigenvalue weighted by Gasteiger charge is -2.19. The van der Waals surface area contributed by atoms with Crippen molar-refractivity contribution in [3.05, 3.63) is 24.0 Å². The monoisotopic (exact) mass is 242 g/mol. The highest BCUT2D eigenvalue weighted by atomic mass is 35.5. The third-order valence-corrected chi connectivity index (χ3v) is 2.89. The highest BCUT2D eigenvalue weighted by molar-refractivity contribution is 6.24. The number of carbonyl (C=O) groups excluding carboxylic acids is 1. The molecule has 0 spiro atoms. The van der Waals surface area contributed by atoms with E-state index in [0.717, 1.165) is 5.69 Å². The molecule has 0 saturated carbocycles. The van der Waals surface area contributed by atoms with Crippen molar-refractivity contribution >= 4 is 28.9 Å². The lowest BCUT2D eigenvalue weighted by atomic mass is 10.2. The molecule has 5 heteroatoms. The Morgan fingerprint density at radius 1 is 1.56 bits per heavy atom.